The number of fused-ring (bicyclic) bond motifs is 1. The van der Waals surface area contributed by atoms with Crippen LogP contribution in [0.1, 0.15) is 56.2 Å². The van der Waals surface area contributed by atoms with E-state index in [1.807, 2.05) is 25.3 Å². The molecule has 1 aromatic heterocycles. The zero-order valence-electron chi connectivity index (χ0n) is 17.3. The predicted octanol–water partition coefficient (Wildman–Crippen LogP) is 4.15. The first-order valence-electron chi connectivity index (χ1n) is 9.93. The molecule has 1 aliphatic heterocycles. The first-order valence-corrected chi connectivity index (χ1v) is 9.93. The number of hydrogen-bond acceptors (Lipinski definition) is 3. The first kappa shape index (κ1) is 21.1. The maximum atomic E-state index is 13.8. The van der Waals surface area contributed by atoms with Crippen molar-refractivity contribution >= 4 is 11.7 Å². The minimum atomic E-state index is -0.948. The third-order valence-electron chi connectivity index (χ3n) is 5.56. The number of halogens is 2. The molecule has 1 amide bonds. The molecule has 1 aromatic carbocycles. The van der Waals surface area contributed by atoms with Gasteiger partial charge in [-0.1, -0.05) is 20.8 Å². The summed E-state index contributed by atoms with van der Waals surface area (Å²) in [6.45, 7) is 6.45. The highest BCUT2D eigenvalue weighted by atomic mass is 19.2. The molecule has 5 nitrogen and oxygen atoms in total. The summed E-state index contributed by atoms with van der Waals surface area (Å²) in [4.78, 5) is 30.1. The van der Waals surface area contributed by atoms with Gasteiger partial charge in [-0.2, -0.15) is 0 Å². The van der Waals surface area contributed by atoms with Crippen LogP contribution in [0.5, 0.6) is 0 Å². The lowest BCUT2D eigenvalue weighted by Crippen LogP contribution is -2.37. The van der Waals surface area contributed by atoms with E-state index in [1.165, 1.54) is 6.07 Å². The summed E-state index contributed by atoms with van der Waals surface area (Å²) in [5, 5.41) is 2.64. The molecule has 0 saturated heterocycles. The second-order valence-corrected chi connectivity index (χ2v) is 8.63. The molecule has 0 fully saturated rings. The van der Waals surface area contributed by atoms with Crippen LogP contribution in [0.4, 0.5) is 8.78 Å². The van der Waals surface area contributed by atoms with Crippen LogP contribution in [0.2, 0.25) is 0 Å². The number of hydrogen-bond donors (Lipinski definition) is 1. The molecule has 0 aliphatic carbocycles. The van der Waals surface area contributed by atoms with Gasteiger partial charge in [-0.25, -0.2) is 13.8 Å². The second kappa shape index (κ2) is 8.05. The summed E-state index contributed by atoms with van der Waals surface area (Å²) in [6, 6.07) is 3.65. The van der Waals surface area contributed by atoms with Crippen LogP contribution < -0.4 is 5.32 Å². The van der Waals surface area contributed by atoms with Crippen LogP contribution in [-0.2, 0) is 17.8 Å². The standard InChI is InChI=1S/C22H27F2N3O2/c1-22(2,3)14(21(29)25-4)12-18(28)19-17-7-5-6-10-27(17)20(26-19)13-8-9-15(23)16(24)11-13/h8-9,11,14H,5-7,10,12H2,1-4H3,(H,25,29)/t14-/m1/s1. The SMILES string of the molecule is CNC(=O)[C@@H](CC(=O)c1nc(-c2ccc(F)c(F)c2)n2c1CCCC2)C(C)(C)C. The van der Waals surface area contributed by atoms with Crippen LogP contribution in [0.25, 0.3) is 11.4 Å². The smallest absolute Gasteiger partial charge is 0.223 e. The molecule has 3 rings (SSSR count). The normalized spacial score (nSPS) is 15.0. The molecule has 0 spiro atoms. The number of aromatic nitrogens is 2. The molecule has 0 bridgehead atoms. The van der Waals surface area contributed by atoms with Gasteiger partial charge in [-0.3, -0.25) is 9.59 Å². The van der Waals surface area contributed by atoms with Crippen molar-refractivity contribution in [1.82, 2.24) is 14.9 Å². The lowest BCUT2D eigenvalue weighted by molar-refractivity contribution is -0.127. The Hall–Kier alpha value is -2.57. The zero-order chi connectivity index (χ0) is 21.3. The summed E-state index contributed by atoms with van der Waals surface area (Å²) in [6.07, 6.45) is 2.60. The highest BCUT2D eigenvalue weighted by Gasteiger charge is 2.35. The number of rotatable bonds is 5. The lowest BCUT2D eigenvalue weighted by Gasteiger charge is -2.28. The number of ketones is 1. The molecule has 0 radical (unpaired) electrons. The van der Waals surface area contributed by atoms with Crippen molar-refractivity contribution in [2.24, 2.45) is 11.3 Å². The molecule has 1 aliphatic rings. The average Bonchev–Trinajstić information content (AvgIpc) is 3.06. The summed E-state index contributed by atoms with van der Waals surface area (Å²) in [5.74, 6) is -2.28. The molecule has 7 heteroatoms. The highest BCUT2D eigenvalue weighted by molar-refractivity contribution is 5.98. The van der Waals surface area contributed by atoms with E-state index in [4.69, 9.17) is 0 Å². The van der Waals surface area contributed by atoms with E-state index in [-0.39, 0.29) is 18.1 Å². The molecule has 0 saturated carbocycles. The van der Waals surface area contributed by atoms with E-state index in [0.29, 0.717) is 30.0 Å². The van der Waals surface area contributed by atoms with E-state index in [9.17, 15) is 18.4 Å². The highest BCUT2D eigenvalue weighted by Crippen LogP contribution is 2.33. The van der Waals surface area contributed by atoms with E-state index in [1.54, 1.807) is 7.05 Å². The van der Waals surface area contributed by atoms with Gasteiger partial charge < -0.3 is 9.88 Å². The van der Waals surface area contributed by atoms with Gasteiger partial charge in [0.05, 0.1) is 5.92 Å². The first-order chi connectivity index (χ1) is 13.6. The Morgan fingerprint density at radius 1 is 1.21 bits per heavy atom. The van der Waals surface area contributed by atoms with Crippen LogP contribution in [0.3, 0.4) is 0 Å². The molecule has 29 heavy (non-hydrogen) atoms. The number of Topliss-reactive ketones (excluding diaryl/α,β-unsaturated/α-hetero) is 1. The van der Waals surface area contributed by atoms with Crippen LogP contribution in [-0.4, -0.2) is 28.3 Å². The molecule has 1 atom stereocenters. The average molecular weight is 403 g/mol. The van der Waals surface area contributed by atoms with E-state index >= 15 is 0 Å². The van der Waals surface area contributed by atoms with Gasteiger partial charge in [0.15, 0.2) is 17.4 Å². The lowest BCUT2D eigenvalue weighted by atomic mass is 9.77. The molecule has 0 unspecified atom stereocenters. The van der Waals surface area contributed by atoms with Gasteiger partial charge in [0.25, 0.3) is 0 Å². The van der Waals surface area contributed by atoms with Gasteiger partial charge in [-0.05, 0) is 42.9 Å². The number of imidazole rings is 1. The monoisotopic (exact) mass is 403 g/mol. The minimum absolute atomic E-state index is 0.0460. The fourth-order valence-electron chi connectivity index (χ4n) is 3.87. The Balaban J connectivity index is 2.01. The van der Waals surface area contributed by atoms with Crippen molar-refractivity contribution in [2.75, 3.05) is 7.05 Å². The maximum absolute atomic E-state index is 13.8. The second-order valence-electron chi connectivity index (χ2n) is 8.63. The fourth-order valence-corrected chi connectivity index (χ4v) is 3.87. The number of benzene rings is 1. The molecule has 156 valence electrons. The summed E-state index contributed by atoms with van der Waals surface area (Å²) < 4.78 is 29.1. The molecule has 1 N–H and O–H groups in total. The van der Waals surface area contributed by atoms with Gasteiger partial charge in [-0.15, -0.1) is 0 Å². The van der Waals surface area contributed by atoms with Crippen molar-refractivity contribution in [1.29, 1.82) is 0 Å². The Labute approximate surface area is 169 Å². The van der Waals surface area contributed by atoms with Crippen molar-refractivity contribution < 1.29 is 18.4 Å². The van der Waals surface area contributed by atoms with Gasteiger partial charge in [0.1, 0.15) is 11.5 Å². The third-order valence-corrected chi connectivity index (χ3v) is 5.56. The Bertz CT molecular complexity index is 944. The van der Waals surface area contributed by atoms with Gasteiger partial charge in [0, 0.05) is 31.3 Å². The topological polar surface area (TPSA) is 64.0 Å². The third kappa shape index (κ3) is 4.23. The molecule has 2 heterocycles. The number of carbonyl (C=O) groups excluding carboxylic acids is 2. The maximum Gasteiger partial charge on any atom is 0.223 e. The fraction of sp³-hybridized carbons (Fsp3) is 0.500. The molecular formula is C22H27F2N3O2. The number of nitrogens with one attached hydrogen (secondary N) is 1. The summed E-state index contributed by atoms with van der Waals surface area (Å²) in [5.41, 5.74) is 1.19. The zero-order valence-corrected chi connectivity index (χ0v) is 17.3. The van der Waals surface area contributed by atoms with Crippen LogP contribution in [0, 0.1) is 23.0 Å². The number of carbonyl (C=O) groups is 2. The van der Waals surface area contributed by atoms with Crippen molar-refractivity contribution in [2.45, 2.75) is 53.0 Å². The molecular weight excluding hydrogens is 376 g/mol. The van der Waals surface area contributed by atoms with Crippen LogP contribution in [0.15, 0.2) is 18.2 Å². The van der Waals surface area contributed by atoms with Crippen LogP contribution >= 0.6 is 0 Å². The molecule has 2 aromatic rings. The van der Waals surface area contributed by atoms with Gasteiger partial charge >= 0.3 is 0 Å². The Morgan fingerprint density at radius 3 is 2.55 bits per heavy atom. The number of nitrogens with zero attached hydrogens (tertiary/aromatic N) is 2. The predicted molar refractivity (Wildman–Crippen MR) is 106 cm³/mol. The Morgan fingerprint density at radius 2 is 1.93 bits per heavy atom. The summed E-state index contributed by atoms with van der Waals surface area (Å²) in [7, 11) is 1.56. The van der Waals surface area contributed by atoms with Crippen molar-refractivity contribution in [3.8, 4) is 11.4 Å². The summed E-state index contributed by atoms with van der Waals surface area (Å²) >= 11 is 0. The van der Waals surface area contributed by atoms with E-state index in [0.717, 1.165) is 30.7 Å². The number of amides is 1. The van der Waals surface area contributed by atoms with Crippen molar-refractivity contribution in [3.63, 3.8) is 0 Å². The minimum Gasteiger partial charge on any atom is -0.359 e. The van der Waals surface area contributed by atoms with E-state index in [2.05, 4.69) is 10.3 Å². The quantitative estimate of drug-likeness (QED) is 0.763. The largest absolute Gasteiger partial charge is 0.359 e. The van der Waals surface area contributed by atoms with Crippen molar-refractivity contribution in [3.05, 3.63) is 41.2 Å². The van der Waals surface area contributed by atoms with E-state index < -0.39 is 23.0 Å². The Kier molecular flexibility index (Phi) is 5.87. The van der Waals surface area contributed by atoms with Gasteiger partial charge in [0.2, 0.25) is 5.91 Å².